The summed E-state index contributed by atoms with van der Waals surface area (Å²) in [4.78, 5) is 11.2. The molecule has 0 aliphatic rings. The van der Waals surface area contributed by atoms with E-state index in [1.807, 2.05) is 0 Å². The lowest BCUT2D eigenvalue weighted by Gasteiger charge is -2.05. The van der Waals surface area contributed by atoms with Crippen LogP contribution in [0.5, 0.6) is 0 Å². The van der Waals surface area contributed by atoms with Crippen LogP contribution in [0.2, 0.25) is 0 Å². The van der Waals surface area contributed by atoms with Crippen molar-refractivity contribution in [3.8, 4) is 0 Å². The number of hydrogen-bond acceptors (Lipinski definition) is 1. The first-order valence-electron chi connectivity index (χ1n) is 4.19. The van der Waals surface area contributed by atoms with Gasteiger partial charge in [0.2, 0.25) is 0 Å². The lowest BCUT2D eigenvalue weighted by Crippen LogP contribution is -2.22. The van der Waals surface area contributed by atoms with Crippen molar-refractivity contribution in [1.82, 2.24) is 9.13 Å². The van der Waals surface area contributed by atoms with Crippen LogP contribution < -0.4 is 5.69 Å². The van der Waals surface area contributed by atoms with Gasteiger partial charge in [-0.15, -0.1) is 0 Å². The molecule has 6 heteroatoms. The third-order valence-corrected chi connectivity index (χ3v) is 1.88. The fraction of sp³-hybridized carbons (Fsp3) is 0.625. The van der Waals surface area contributed by atoms with E-state index in [-0.39, 0.29) is 18.7 Å². The Balaban J connectivity index is 2.47. The highest BCUT2D eigenvalue weighted by molar-refractivity contribution is 4.79. The number of hydrogen-bond donors (Lipinski definition) is 0. The molecule has 3 nitrogen and oxygen atoms in total. The van der Waals surface area contributed by atoms with Crippen molar-refractivity contribution in [2.24, 2.45) is 7.05 Å². The van der Waals surface area contributed by atoms with Crippen molar-refractivity contribution in [2.45, 2.75) is 25.6 Å². The van der Waals surface area contributed by atoms with Crippen LogP contribution in [0.4, 0.5) is 13.2 Å². The predicted molar refractivity (Wildman–Crippen MR) is 45.0 cm³/mol. The molecule has 1 rings (SSSR count). The van der Waals surface area contributed by atoms with Gasteiger partial charge in [0.05, 0.1) is 0 Å². The fourth-order valence-corrected chi connectivity index (χ4v) is 1.13. The highest BCUT2D eigenvalue weighted by atomic mass is 19.4. The molecule has 0 atom stereocenters. The highest BCUT2D eigenvalue weighted by Gasteiger charge is 2.26. The van der Waals surface area contributed by atoms with Crippen LogP contribution in [-0.4, -0.2) is 15.3 Å². The molecule has 0 aliphatic carbocycles. The Hall–Kier alpha value is -1.20. The summed E-state index contributed by atoms with van der Waals surface area (Å²) < 4.78 is 37.9. The minimum atomic E-state index is -4.14. The molecule has 1 aromatic rings. The van der Waals surface area contributed by atoms with Crippen molar-refractivity contribution < 1.29 is 13.2 Å². The molecule has 0 radical (unpaired) electrons. The zero-order valence-electron chi connectivity index (χ0n) is 7.71. The molecular formula is C8H11F3N2O. The van der Waals surface area contributed by atoms with Gasteiger partial charge in [-0.05, 0) is 6.42 Å². The number of alkyl halides is 3. The summed E-state index contributed by atoms with van der Waals surface area (Å²) in [5, 5.41) is 0. The van der Waals surface area contributed by atoms with E-state index in [9.17, 15) is 18.0 Å². The minimum absolute atomic E-state index is 0.0621. The molecule has 0 aromatic carbocycles. The molecular weight excluding hydrogens is 197 g/mol. The van der Waals surface area contributed by atoms with Crippen molar-refractivity contribution in [1.29, 1.82) is 0 Å². The molecule has 1 aromatic heterocycles. The van der Waals surface area contributed by atoms with Crippen molar-refractivity contribution in [2.75, 3.05) is 0 Å². The lowest BCUT2D eigenvalue weighted by molar-refractivity contribution is -0.135. The number of aryl methyl sites for hydroxylation is 2. The molecule has 0 saturated heterocycles. The third-order valence-electron chi connectivity index (χ3n) is 1.88. The monoisotopic (exact) mass is 208 g/mol. The van der Waals surface area contributed by atoms with Crippen LogP contribution in [0.1, 0.15) is 12.8 Å². The molecule has 0 N–H and O–H groups in total. The van der Waals surface area contributed by atoms with Crippen molar-refractivity contribution in [3.63, 3.8) is 0 Å². The van der Waals surface area contributed by atoms with Crippen LogP contribution in [0.25, 0.3) is 0 Å². The topological polar surface area (TPSA) is 26.9 Å². The highest BCUT2D eigenvalue weighted by Crippen LogP contribution is 2.21. The van der Waals surface area contributed by atoms with Gasteiger partial charge < -0.3 is 4.57 Å². The van der Waals surface area contributed by atoms with Gasteiger partial charge in [-0.1, -0.05) is 0 Å². The van der Waals surface area contributed by atoms with Gasteiger partial charge in [0.15, 0.2) is 0 Å². The molecule has 0 unspecified atom stereocenters. The zero-order chi connectivity index (χ0) is 10.8. The summed E-state index contributed by atoms with van der Waals surface area (Å²) in [6, 6.07) is 0. The third kappa shape index (κ3) is 2.93. The van der Waals surface area contributed by atoms with Crippen LogP contribution in [0.3, 0.4) is 0 Å². The van der Waals surface area contributed by atoms with Crippen molar-refractivity contribution >= 4 is 0 Å². The maximum absolute atomic E-state index is 11.8. The number of nitrogens with zero attached hydrogens (tertiary/aromatic N) is 2. The Bertz CT molecular complexity index is 350. The molecule has 0 bridgehead atoms. The van der Waals surface area contributed by atoms with Gasteiger partial charge in [-0.3, -0.25) is 4.57 Å². The quantitative estimate of drug-likeness (QED) is 0.740. The van der Waals surface area contributed by atoms with E-state index in [0.29, 0.717) is 0 Å². The van der Waals surface area contributed by atoms with Gasteiger partial charge in [0.1, 0.15) is 0 Å². The van der Waals surface area contributed by atoms with Gasteiger partial charge >= 0.3 is 11.9 Å². The van der Waals surface area contributed by atoms with E-state index in [4.69, 9.17) is 0 Å². The largest absolute Gasteiger partial charge is 0.389 e. The second-order valence-electron chi connectivity index (χ2n) is 3.10. The number of aromatic nitrogens is 2. The summed E-state index contributed by atoms with van der Waals surface area (Å²) in [6.45, 7) is 0.110. The van der Waals surface area contributed by atoms with Crippen LogP contribution >= 0.6 is 0 Å². The van der Waals surface area contributed by atoms with E-state index in [0.717, 1.165) is 0 Å². The van der Waals surface area contributed by atoms with E-state index in [2.05, 4.69) is 0 Å². The first-order chi connectivity index (χ1) is 6.40. The molecule has 0 saturated carbocycles. The van der Waals surface area contributed by atoms with Crippen molar-refractivity contribution in [3.05, 3.63) is 22.9 Å². The average molecular weight is 208 g/mol. The Morgan fingerprint density at radius 3 is 2.43 bits per heavy atom. The van der Waals surface area contributed by atoms with Gasteiger partial charge in [0, 0.05) is 32.4 Å². The normalized spacial score (nSPS) is 12.0. The Labute approximate surface area is 78.8 Å². The molecule has 80 valence electrons. The molecule has 0 spiro atoms. The van der Waals surface area contributed by atoms with Gasteiger partial charge in [0.25, 0.3) is 0 Å². The smallest absolute Gasteiger partial charge is 0.302 e. The molecule has 0 amide bonds. The minimum Gasteiger partial charge on any atom is -0.302 e. The summed E-state index contributed by atoms with van der Waals surface area (Å²) in [5.41, 5.74) is -0.285. The standard InChI is InChI=1S/C8H11F3N2O/c1-12-5-6-13(7(12)14)4-2-3-8(9,10)11/h5-6H,2-4H2,1H3. The Morgan fingerprint density at radius 1 is 1.36 bits per heavy atom. The maximum atomic E-state index is 11.8. The Morgan fingerprint density at radius 2 is 2.00 bits per heavy atom. The lowest BCUT2D eigenvalue weighted by atomic mass is 10.3. The van der Waals surface area contributed by atoms with Gasteiger partial charge in [-0.25, -0.2) is 4.79 Å². The number of rotatable bonds is 3. The second-order valence-corrected chi connectivity index (χ2v) is 3.10. The first-order valence-corrected chi connectivity index (χ1v) is 4.19. The first kappa shape index (κ1) is 10.9. The molecule has 1 heterocycles. The molecule has 14 heavy (non-hydrogen) atoms. The maximum Gasteiger partial charge on any atom is 0.389 e. The molecule has 0 fully saturated rings. The Kier molecular flexibility index (Phi) is 3.03. The van der Waals surface area contributed by atoms with E-state index < -0.39 is 12.6 Å². The molecule has 0 aliphatic heterocycles. The summed E-state index contributed by atoms with van der Waals surface area (Å²) in [6.07, 6.45) is -2.05. The summed E-state index contributed by atoms with van der Waals surface area (Å²) in [7, 11) is 1.56. The zero-order valence-corrected chi connectivity index (χ0v) is 7.71. The number of imidazole rings is 1. The predicted octanol–water partition coefficient (Wildman–Crippen LogP) is 1.53. The van der Waals surface area contributed by atoms with E-state index in [1.165, 1.54) is 21.5 Å². The average Bonchev–Trinajstić information content (AvgIpc) is 2.33. The van der Waals surface area contributed by atoms with Crippen LogP contribution in [0.15, 0.2) is 17.2 Å². The summed E-state index contributed by atoms with van der Waals surface area (Å²) in [5.74, 6) is 0. The van der Waals surface area contributed by atoms with E-state index in [1.54, 1.807) is 7.05 Å². The van der Waals surface area contributed by atoms with Gasteiger partial charge in [-0.2, -0.15) is 13.2 Å². The number of halogens is 3. The van der Waals surface area contributed by atoms with Crippen LogP contribution in [0, 0.1) is 0 Å². The van der Waals surface area contributed by atoms with Crippen LogP contribution in [-0.2, 0) is 13.6 Å². The SMILES string of the molecule is Cn1ccn(CCCC(F)(F)F)c1=O. The van der Waals surface area contributed by atoms with E-state index >= 15 is 0 Å². The fourth-order valence-electron chi connectivity index (χ4n) is 1.13. The second kappa shape index (κ2) is 3.89. The summed E-state index contributed by atoms with van der Waals surface area (Å²) >= 11 is 0.